The highest BCUT2D eigenvalue weighted by Gasteiger charge is 2.07. The van der Waals surface area contributed by atoms with Crippen LogP contribution in [-0.2, 0) is 6.61 Å². The third-order valence-electron chi connectivity index (χ3n) is 3.27. The number of rotatable bonds is 3. The maximum atomic E-state index is 9.18. The molecule has 0 aliphatic carbocycles. The van der Waals surface area contributed by atoms with E-state index in [-0.39, 0.29) is 6.61 Å². The summed E-state index contributed by atoms with van der Waals surface area (Å²) in [6.45, 7) is 4.07. The Morgan fingerprint density at radius 1 is 1.05 bits per heavy atom. The van der Waals surface area contributed by atoms with Crippen molar-refractivity contribution in [3.63, 3.8) is 0 Å². The number of aliphatic hydroxyl groups is 1. The number of hydrogen-bond donors (Lipinski definition) is 1. The van der Waals surface area contributed by atoms with E-state index in [4.69, 9.17) is 0 Å². The number of fused-ring (bicyclic) bond motifs is 1. The second-order valence-electron chi connectivity index (χ2n) is 4.92. The number of anilines is 1. The Hall–Kier alpha value is -1.91. The molecule has 4 heteroatoms. The molecule has 1 N–H and O–H groups in total. The average molecular weight is 313 g/mol. The van der Waals surface area contributed by atoms with Gasteiger partial charge in [-0.2, -0.15) is 0 Å². The van der Waals surface area contributed by atoms with Crippen LogP contribution >= 0.6 is 11.3 Å². The minimum Gasteiger partial charge on any atom is -0.392 e. The van der Waals surface area contributed by atoms with Gasteiger partial charge in [0, 0.05) is 25.3 Å². The summed E-state index contributed by atoms with van der Waals surface area (Å²) in [7, 11) is 4.06. The summed E-state index contributed by atoms with van der Waals surface area (Å²) in [6.07, 6.45) is 0. The lowest BCUT2D eigenvalue weighted by atomic mass is 10.2. The summed E-state index contributed by atoms with van der Waals surface area (Å²) in [5, 5.41) is 10.2. The molecule has 0 radical (unpaired) electrons. The van der Waals surface area contributed by atoms with Crippen molar-refractivity contribution < 1.29 is 5.11 Å². The molecule has 0 unspecified atom stereocenters. The summed E-state index contributed by atoms with van der Waals surface area (Å²) < 4.78 is 1.11. The van der Waals surface area contributed by atoms with Gasteiger partial charge in [0.1, 0.15) is 5.01 Å². The molecule has 0 aliphatic rings. The first-order chi connectivity index (χ1) is 10.7. The molecular weight excluding hydrogens is 291 g/mol. The third kappa shape index (κ3) is 3.46. The minimum absolute atomic E-state index is 0.0701. The number of hydrogen-bond acceptors (Lipinski definition) is 4. The highest BCUT2D eigenvalue weighted by molar-refractivity contribution is 7.21. The van der Waals surface area contributed by atoms with Crippen molar-refractivity contribution in [1.82, 2.24) is 4.98 Å². The van der Waals surface area contributed by atoms with Crippen molar-refractivity contribution in [2.45, 2.75) is 20.5 Å². The summed E-state index contributed by atoms with van der Waals surface area (Å²) in [4.78, 5) is 6.74. The molecule has 3 rings (SSSR count). The van der Waals surface area contributed by atoms with Crippen LogP contribution in [0.5, 0.6) is 0 Å². The zero-order valence-corrected chi connectivity index (χ0v) is 14.3. The molecule has 0 saturated carbocycles. The molecule has 0 spiro atoms. The standard InChI is InChI=1S/C16H16N2OS.C2H6/c1-18(2)13-6-4-12(5-7-13)16-17-14-8-3-11(10-19)9-15(14)20-16;1-2/h3-9,19H,10H2,1-2H3;1-2H3/i1-1;. The second-order valence-corrected chi connectivity index (χ2v) is 5.95. The van der Waals surface area contributed by atoms with Gasteiger partial charge in [0.05, 0.1) is 16.8 Å². The average Bonchev–Trinajstić information content (AvgIpc) is 2.99. The van der Waals surface area contributed by atoms with Crippen LogP contribution in [0.3, 0.4) is 0 Å². The molecule has 0 saturated heterocycles. The topological polar surface area (TPSA) is 36.4 Å². The Balaban J connectivity index is 0.000000847. The van der Waals surface area contributed by atoms with Gasteiger partial charge in [-0.05, 0) is 42.0 Å². The van der Waals surface area contributed by atoms with Gasteiger partial charge in [0.2, 0.25) is 0 Å². The lowest BCUT2D eigenvalue weighted by molar-refractivity contribution is 0.282. The Kier molecular flexibility index (Phi) is 5.52. The maximum absolute atomic E-state index is 9.18. The van der Waals surface area contributed by atoms with Gasteiger partial charge in [-0.25, -0.2) is 4.98 Å². The summed E-state index contributed by atoms with van der Waals surface area (Å²) >= 11 is 1.66. The second kappa shape index (κ2) is 7.38. The van der Waals surface area contributed by atoms with Crippen LogP contribution in [0.4, 0.5) is 5.69 Å². The van der Waals surface area contributed by atoms with Crippen LogP contribution in [0.2, 0.25) is 0 Å². The molecule has 0 fully saturated rings. The first-order valence-corrected chi connectivity index (χ1v) is 8.27. The molecular formula is C18H22N2OS. The predicted molar refractivity (Wildman–Crippen MR) is 96.7 cm³/mol. The smallest absolute Gasteiger partial charge is 0.124 e. The van der Waals surface area contributed by atoms with Crippen LogP contribution in [0.1, 0.15) is 19.4 Å². The van der Waals surface area contributed by atoms with Crippen LogP contribution < -0.4 is 4.90 Å². The third-order valence-corrected chi connectivity index (χ3v) is 4.33. The van der Waals surface area contributed by atoms with Gasteiger partial charge in [-0.3, -0.25) is 0 Å². The highest BCUT2D eigenvalue weighted by atomic mass is 32.1. The van der Waals surface area contributed by atoms with Crippen molar-refractivity contribution in [1.29, 1.82) is 0 Å². The van der Waals surface area contributed by atoms with E-state index in [1.165, 1.54) is 5.69 Å². The predicted octanol–water partition coefficient (Wildman–Crippen LogP) is 4.55. The Labute approximate surface area is 135 Å². The van der Waals surface area contributed by atoms with Crippen molar-refractivity contribution in [2.24, 2.45) is 0 Å². The number of nitrogens with zero attached hydrogens (tertiary/aromatic N) is 2. The molecule has 3 nitrogen and oxygen atoms in total. The van der Waals surface area contributed by atoms with Crippen molar-refractivity contribution >= 4 is 27.2 Å². The van der Waals surface area contributed by atoms with Gasteiger partial charge in [-0.15, -0.1) is 11.3 Å². The van der Waals surface area contributed by atoms with E-state index >= 15 is 0 Å². The van der Waals surface area contributed by atoms with Crippen LogP contribution in [0, 0.1) is 0 Å². The van der Waals surface area contributed by atoms with Crippen LogP contribution in [0.25, 0.3) is 20.8 Å². The van der Waals surface area contributed by atoms with E-state index in [1.54, 1.807) is 11.3 Å². The fraction of sp³-hybridized carbons (Fsp3) is 0.278. The Bertz CT molecular complexity index is 732. The SMILES string of the molecule is CC.CN([11CH3])c1ccc(-c2nc3ccc(CO)cc3s2)cc1. The largest absolute Gasteiger partial charge is 0.392 e. The quantitative estimate of drug-likeness (QED) is 0.771. The lowest BCUT2D eigenvalue weighted by Gasteiger charge is -2.11. The van der Waals surface area contributed by atoms with Gasteiger partial charge >= 0.3 is 0 Å². The number of aromatic nitrogens is 1. The fourth-order valence-electron chi connectivity index (χ4n) is 2.09. The molecule has 1 aromatic heterocycles. The van der Waals surface area contributed by atoms with Crippen LogP contribution in [0.15, 0.2) is 42.5 Å². The maximum Gasteiger partial charge on any atom is 0.124 e. The molecule has 116 valence electrons. The van der Waals surface area contributed by atoms with E-state index in [2.05, 4.69) is 34.1 Å². The van der Waals surface area contributed by atoms with Crippen molar-refractivity contribution in [3.8, 4) is 10.6 Å². The lowest BCUT2D eigenvalue weighted by Crippen LogP contribution is -2.07. The van der Waals surface area contributed by atoms with E-state index in [0.29, 0.717) is 0 Å². The molecule has 3 aromatic rings. The van der Waals surface area contributed by atoms with Crippen molar-refractivity contribution in [3.05, 3.63) is 48.0 Å². The molecule has 0 bridgehead atoms. The first kappa shape index (κ1) is 16.5. The Morgan fingerprint density at radius 2 is 1.73 bits per heavy atom. The molecule has 1 heterocycles. The Morgan fingerprint density at radius 3 is 2.32 bits per heavy atom. The number of thiazole rings is 1. The zero-order valence-electron chi connectivity index (χ0n) is 13.5. The highest BCUT2D eigenvalue weighted by Crippen LogP contribution is 2.31. The zero-order chi connectivity index (χ0) is 16.1. The van der Waals surface area contributed by atoms with Crippen molar-refractivity contribution in [2.75, 3.05) is 19.0 Å². The normalized spacial score (nSPS) is 10.2. The molecule has 22 heavy (non-hydrogen) atoms. The van der Waals surface area contributed by atoms with E-state index < -0.39 is 0 Å². The first-order valence-electron chi connectivity index (χ1n) is 7.45. The summed E-state index contributed by atoms with van der Waals surface area (Å²) in [6, 6.07) is 14.3. The molecule has 2 aromatic carbocycles. The van der Waals surface area contributed by atoms with Gasteiger partial charge < -0.3 is 10.0 Å². The molecule has 0 aliphatic heterocycles. The van der Waals surface area contributed by atoms with E-state index in [0.717, 1.165) is 26.4 Å². The molecule has 0 atom stereocenters. The van der Waals surface area contributed by atoms with Gasteiger partial charge in [0.25, 0.3) is 0 Å². The van der Waals surface area contributed by atoms with Gasteiger partial charge in [0.15, 0.2) is 0 Å². The fourth-order valence-corrected chi connectivity index (χ4v) is 3.13. The van der Waals surface area contributed by atoms with Crippen LogP contribution in [-0.4, -0.2) is 24.2 Å². The number of aliphatic hydroxyl groups excluding tert-OH is 1. The van der Waals surface area contributed by atoms with E-state index in [1.807, 2.05) is 46.1 Å². The number of benzene rings is 2. The summed E-state index contributed by atoms with van der Waals surface area (Å²) in [5.74, 6) is 0. The van der Waals surface area contributed by atoms with Gasteiger partial charge in [-0.1, -0.05) is 19.9 Å². The monoisotopic (exact) mass is 313 g/mol. The molecule has 0 amide bonds. The van der Waals surface area contributed by atoms with E-state index in [9.17, 15) is 5.11 Å². The minimum atomic E-state index is 0.0701. The summed E-state index contributed by atoms with van der Waals surface area (Å²) in [5.41, 5.74) is 4.22.